The van der Waals surface area contributed by atoms with Gasteiger partial charge in [-0.25, -0.2) is 0 Å². The van der Waals surface area contributed by atoms with E-state index >= 15 is 0 Å². The van der Waals surface area contributed by atoms with Crippen LogP contribution in [0, 0.1) is 0 Å². The normalized spacial score (nSPS) is 16.3. The van der Waals surface area contributed by atoms with Gasteiger partial charge in [0.25, 0.3) is 0 Å². The molecule has 0 fully saturated rings. The van der Waals surface area contributed by atoms with Gasteiger partial charge in [-0.1, -0.05) is 32.9 Å². The van der Waals surface area contributed by atoms with Crippen molar-refractivity contribution in [3.05, 3.63) is 11.7 Å². The highest BCUT2D eigenvalue weighted by atomic mass is 16.5. The fraction of sp³-hybridized carbons (Fsp3) is 0.857. The zero-order valence-corrected chi connectivity index (χ0v) is 12.8. The van der Waals surface area contributed by atoms with Gasteiger partial charge in [0.2, 0.25) is 11.7 Å². The van der Waals surface area contributed by atoms with Crippen LogP contribution in [0.4, 0.5) is 0 Å². The molecule has 0 aromatic carbocycles. The van der Waals surface area contributed by atoms with Gasteiger partial charge in [0, 0.05) is 13.2 Å². The van der Waals surface area contributed by atoms with Gasteiger partial charge in [-0.15, -0.1) is 0 Å². The van der Waals surface area contributed by atoms with Gasteiger partial charge in [-0.05, 0) is 25.8 Å². The van der Waals surface area contributed by atoms with Crippen LogP contribution in [-0.4, -0.2) is 29.8 Å². The predicted molar refractivity (Wildman–Crippen MR) is 75.1 cm³/mol. The van der Waals surface area contributed by atoms with E-state index in [1.165, 1.54) is 0 Å². The number of hydrogen-bond donors (Lipinski definition) is 1. The van der Waals surface area contributed by atoms with Crippen molar-refractivity contribution >= 4 is 0 Å². The number of nitrogens with zero attached hydrogens (tertiary/aromatic N) is 2. The first kappa shape index (κ1) is 16.1. The highest BCUT2D eigenvalue weighted by molar-refractivity contribution is 4.99. The van der Waals surface area contributed by atoms with Crippen LogP contribution < -0.4 is 5.32 Å². The van der Waals surface area contributed by atoms with Crippen molar-refractivity contribution in [3.8, 4) is 0 Å². The lowest BCUT2D eigenvalue weighted by molar-refractivity contribution is 0.0903. The number of ether oxygens (including phenoxy) is 1. The molecule has 3 unspecified atom stereocenters. The van der Waals surface area contributed by atoms with Crippen molar-refractivity contribution in [2.24, 2.45) is 0 Å². The average molecular weight is 269 g/mol. The van der Waals surface area contributed by atoms with Crippen LogP contribution in [0.3, 0.4) is 0 Å². The predicted octanol–water partition coefficient (Wildman–Crippen LogP) is 3.05. The first-order chi connectivity index (χ1) is 9.17. The maximum atomic E-state index is 5.39. The molecule has 5 heteroatoms. The molecule has 0 spiro atoms. The molecule has 5 nitrogen and oxygen atoms in total. The molecule has 3 atom stereocenters. The summed E-state index contributed by atoms with van der Waals surface area (Å²) in [5.74, 6) is 1.56. The zero-order chi connectivity index (χ0) is 14.3. The molecular weight excluding hydrogens is 242 g/mol. The second-order valence-corrected chi connectivity index (χ2v) is 4.88. The summed E-state index contributed by atoms with van der Waals surface area (Å²) in [6.07, 6.45) is 2.93. The van der Waals surface area contributed by atoms with E-state index < -0.39 is 0 Å². The number of methoxy groups -OCH3 is 1. The first-order valence-electron chi connectivity index (χ1n) is 7.27. The molecule has 0 saturated carbocycles. The molecule has 1 heterocycles. The summed E-state index contributed by atoms with van der Waals surface area (Å²) < 4.78 is 10.7. The molecular formula is C14H27N3O2. The van der Waals surface area contributed by atoms with Crippen LogP contribution >= 0.6 is 0 Å². The minimum atomic E-state index is -0.0756. The van der Waals surface area contributed by atoms with Crippen molar-refractivity contribution in [1.82, 2.24) is 15.5 Å². The lowest BCUT2D eigenvalue weighted by atomic mass is 9.99. The molecule has 0 bridgehead atoms. The summed E-state index contributed by atoms with van der Waals surface area (Å²) in [5, 5.41) is 7.56. The Bertz CT molecular complexity index is 350. The van der Waals surface area contributed by atoms with E-state index in [4.69, 9.17) is 9.26 Å². The SMILES string of the molecule is CCCNC(CC)C(C)c1nc(C(CC)OC)no1. The smallest absolute Gasteiger partial charge is 0.231 e. The summed E-state index contributed by atoms with van der Waals surface area (Å²) in [6.45, 7) is 9.53. The van der Waals surface area contributed by atoms with Crippen LogP contribution in [0.5, 0.6) is 0 Å². The Labute approximate surface area is 116 Å². The Morgan fingerprint density at radius 1 is 1.26 bits per heavy atom. The molecule has 1 rings (SSSR count). The summed E-state index contributed by atoms with van der Waals surface area (Å²) >= 11 is 0. The van der Waals surface area contributed by atoms with Crippen molar-refractivity contribution in [1.29, 1.82) is 0 Å². The van der Waals surface area contributed by atoms with Gasteiger partial charge in [0.15, 0.2) is 0 Å². The lowest BCUT2D eigenvalue weighted by Gasteiger charge is -2.20. The van der Waals surface area contributed by atoms with Gasteiger partial charge >= 0.3 is 0 Å². The molecule has 1 aromatic rings. The van der Waals surface area contributed by atoms with Crippen molar-refractivity contribution in [2.75, 3.05) is 13.7 Å². The van der Waals surface area contributed by atoms with Crippen LogP contribution in [-0.2, 0) is 4.74 Å². The molecule has 0 amide bonds. The minimum Gasteiger partial charge on any atom is -0.373 e. The summed E-state index contributed by atoms with van der Waals surface area (Å²) in [5.41, 5.74) is 0. The van der Waals surface area contributed by atoms with Crippen LogP contribution in [0.25, 0.3) is 0 Å². The Kier molecular flexibility index (Phi) is 7.02. The highest BCUT2D eigenvalue weighted by Gasteiger charge is 2.24. The van der Waals surface area contributed by atoms with E-state index in [1.54, 1.807) is 7.11 Å². The number of nitrogens with one attached hydrogen (secondary N) is 1. The first-order valence-corrected chi connectivity index (χ1v) is 7.27. The number of hydrogen-bond acceptors (Lipinski definition) is 5. The van der Waals surface area contributed by atoms with Crippen LogP contribution in [0.15, 0.2) is 4.52 Å². The standard InChI is InChI=1S/C14H27N3O2/c1-6-9-15-11(7-2)10(4)14-16-13(17-19-14)12(8-3)18-5/h10-12,15H,6-9H2,1-5H3. The van der Waals surface area contributed by atoms with E-state index in [0.29, 0.717) is 17.8 Å². The molecule has 0 aliphatic rings. The lowest BCUT2D eigenvalue weighted by Crippen LogP contribution is -2.33. The molecule has 1 N–H and O–H groups in total. The Balaban J connectivity index is 2.73. The Morgan fingerprint density at radius 2 is 2.00 bits per heavy atom. The van der Waals surface area contributed by atoms with E-state index in [-0.39, 0.29) is 12.0 Å². The third kappa shape index (κ3) is 4.28. The molecule has 1 aromatic heterocycles. The summed E-state index contributed by atoms with van der Waals surface area (Å²) in [4.78, 5) is 4.49. The van der Waals surface area contributed by atoms with E-state index in [1.807, 2.05) is 6.92 Å². The minimum absolute atomic E-state index is 0.0756. The van der Waals surface area contributed by atoms with Crippen LogP contribution in [0.1, 0.15) is 70.7 Å². The molecule has 0 saturated heterocycles. The van der Waals surface area contributed by atoms with Gasteiger partial charge < -0.3 is 14.6 Å². The maximum absolute atomic E-state index is 5.39. The fourth-order valence-corrected chi connectivity index (χ4v) is 2.19. The number of aromatic nitrogens is 2. The molecule has 19 heavy (non-hydrogen) atoms. The number of rotatable bonds is 9. The monoisotopic (exact) mass is 269 g/mol. The quantitative estimate of drug-likeness (QED) is 0.746. The second kappa shape index (κ2) is 8.27. The summed E-state index contributed by atoms with van der Waals surface area (Å²) in [7, 11) is 1.67. The summed E-state index contributed by atoms with van der Waals surface area (Å²) in [6, 6.07) is 0.371. The average Bonchev–Trinajstić information content (AvgIpc) is 2.90. The topological polar surface area (TPSA) is 60.2 Å². The third-order valence-electron chi connectivity index (χ3n) is 3.49. The van der Waals surface area contributed by atoms with E-state index in [2.05, 4.69) is 36.2 Å². The van der Waals surface area contributed by atoms with Crippen LogP contribution in [0.2, 0.25) is 0 Å². The zero-order valence-electron chi connectivity index (χ0n) is 12.8. The van der Waals surface area contributed by atoms with E-state index in [0.717, 1.165) is 25.8 Å². The Morgan fingerprint density at radius 3 is 2.53 bits per heavy atom. The molecule has 110 valence electrons. The fourth-order valence-electron chi connectivity index (χ4n) is 2.19. The molecule has 0 aliphatic carbocycles. The van der Waals surface area contributed by atoms with Gasteiger partial charge in [0.05, 0.1) is 5.92 Å². The molecule has 0 radical (unpaired) electrons. The van der Waals surface area contributed by atoms with Crippen molar-refractivity contribution in [2.45, 2.75) is 65.0 Å². The largest absolute Gasteiger partial charge is 0.373 e. The highest BCUT2D eigenvalue weighted by Crippen LogP contribution is 2.23. The van der Waals surface area contributed by atoms with Gasteiger partial charge in [-0.2, -0.15) is 4.98 Å². The maximum Gasteiger partial charge on any atom is 0.231 e. The van der Waals surface area contributed by atoms with Gasteiger partial charge in [-0.3, -0.25) is 0 Å². The molecule has 0 aliphatic heterocycles. The van der Waals surface area contributed by atoms with Crippen molar-refractivity contribution < 1.29 is 9.26 Å². The third-order valence-corrected chi connectivity index (χ3v) is 3.49. The van der Waals surface area contributed by atoms with E-state index in [9.17, 15) is 0 Å². The van der Waals surface area contributed by atoms with Crippen molar-refractivity contribution in [3.63, 3.8) is 0 Å². The second-order valence-electron chi connectivity index (χ2n) is 4.88. The Hall–Kier alpha value is -0.940. The van der Waals surface area contributed by atoms with Gasteiger partial charge in [0.1, 0.15) is 6.10 Å².